The van der Waals surface area contributed by atoms with Crippen LogP contribution in [0.1, 0.15) is 19.4 Å². The van der Waals surface area contributed by atoms with Crippen LogP contribution in [0.15, 0.2) is 18.2 Å². The second-order valence-corrected chi connectivity index (χ2v) is 5.10. The molecule has 0 aromatic heterocycles. The zero-order valence-corrected chi connectivity index (χ0v) is 12.2. The number of rotatable bonds is 7. The van der Waals surface area contributed by atoms with Crippen LogP contribution in [-0.2, 0) is 11.3 Å². The van der Waals surface area contributed by atoms with Crippen molar-refractivity contribution in [1.29, 1.82) is 0 Å². The van der Waals surface area contributed by atoms with Crippen LogP contribution in [-0.4, -0.2) is 36.1 Å². The topological polar surface area (TPSA) is 55.6 Å². The molecule has 0 aliphatic rings. The van der Waals surface area contributed by atoms with Gasteiger partial charge in [0, 0.05) is 30.2 Å². The number of halogens is 1. The Bertz CT molecular complexity index is 438. The van der Waals surface area contributed by atoms with Gasteiger partial charge in [-0.3, -0.25) is 15.0 Å². The van der Waals surface area contributed by atoms with Gasteiger partial charge in [0.25, 0.3) is 5.69 Å². The first kappa shape index (κ1) is 15.9. The van der Waals surface area contributed by atoms with Crippen LogP contribution in [0.5, 0.6) is 0 Å². The first-order valence-corrected chi connectivity index (χ1v) is 6.51. The summed E-state index contributed by atoms with van der Waals surface area (Å²) < 4.78 is 5.46. The van der Waals surface area contributed by atoms with E-state index in [9.17, 15) is 10.1 Å². The third-order valence-corrected chi connectivity index (χ3v) is 2.97. The molecule has 1 rings (SSSR count). The lowest BCUT2D eigenvalue weighted by molar-refractivity contribution is -0.384. The number of nitrogens with zero attached hydrogens (tertiary/aromatic N) is 2. The van der Waals surface area contributed by atoms with E-state index in [1.807, 2.05) is 25.8 Å². The van der Waals surface area contributed by atoms with Gasteiger partial charge in [0.05, 0.1) is 17.6 Å². The Morgan fingerprint density at radius 1 is 1.47 bits per heavy atom. The Balaban J connectivity index is 2.60. The summed E-state index contributed by atoms with van der Waals surface area (Å²) in [5.74, 6) is 0. The molecular formula is C13H19ClN2O3. The third kappa shape index (κ3) is 5.55. The van der Waals surface area contributed by atoms with Crippen LogP contribution in [0.2, 0.25) is 5.02 Å². The van der Waals surface area contributed by atoms with Crippen LogP contribution < -0.4 is 0 Å². The normalized spacial score (nSPS) is 11.3. The maximum atomic E-state index is 10.7. The second-order valence-electron chi connectivity index (χ2n) is 4.69. The van der Waals surface area contributed by atoms with E-state index >= 15 is 0 Å². The number of hydrogen-bond donors (Lipinski definition) is 0. The molecule has 0 heterocycles. The Morgan fingerprint density at radius 3 is 2.74 bits per heavy atom. The molecule has 106 valence electrons. The highest BCUT2D eigenvalue weighted by atomic mass is 35.5. The van der Waals surface area contributed by atoms with Crippen molar-refractivity contribution in [1.82, 2.24) is 4.90 Å². The van der Waals surface area contributed by atoms with Gasteiger partial charge in [-0.2, -0.15) is 0 Å². The molecule has 0 spiro atoms. The number of benzene rings is 1. The minimum Gasteiger partial charge on any atom is -0.377 e. The Kier molecular flexibility index (Phi) is 6.21. The fraction of sp³-hybridized carbons (Fsp3) is 0.538. The predicted octanol–water partition coefficient (Wildman–Crippen LogP) is 3.11. The Labute approximate surface area is 118 Å². The molecule has 6 heteroatoms. The molecule has 0 aliphatic heterocycles. The van der Waals surface area contributed by atoms with Crippen molar-refractivity contribution in [3.8, 4) is 0 Å². The van der Waals surface area contributed by atoms with Gasteiger partial charge >= 0.3 is 0 Å². The number of nitro benzene ring substituents is 1. The highest BCUT2D eigenvalue weighted by Crippen LogP contribution is 2.23. The minimum absolute atomic E-state index is 0.0613. The van der Waals surface area contributed by atoms with E-state index in [0.29, 0.717) is 18.2 Å². The zero-order chi connectivity index (χ0) is 14.4. The van der Waals surface area contributed by atoms with Gasteiger partial charge in [0.1, 0.15) is 0 Å². The first-order chi connectivity index (χ1) is 8.90. The number of likely N-dealkylation sites (N-methyl/N-ethyl adjacent to an activating group) is 1. The van der Waals surface area contributed by atoms with Gasteiger partial charge in [-0.15, -0.1) is 0 Å². The Hall–Kier alpha value is -1.17. The lowest BCUT2D eigenvalue weighted by Crippen LogP contribution is -2.24. The molecule has 0 amide bonds. The molecule has 0 N–H and O–H groups in total. The van der Waals surface area contributed by atoms with Crippen LogP contribution in [0.3, 0.4) is 0 Å². The van der Waals surface area contributed by atoms with Crippen molar-refractivity contribution < 1.29 is 9.66 Å². The predicted molar refractivity (Wildman–Crippen MR) is 75.5 cm³/mol. The number of hydrogen-bond acceptors (Lipinski definition) is 4. The molecule has 0 fully saturated rings. The summed E-state index contributed by atoms with van der Waals surface area (Å²) in [5, 5.41) is 11.3. The first-order valence-electron chi connectivity index (χ1n) is 6.13. The molecular weight excluding hydrogens is 268 g/mol. The zero-order valence-electron chi connectivity index (χ0n) is 11.4. The highest BCUT2D eigenvalue weighted by molar-refractivity contribution is 6.31. The van der Waals surface area contributed by atoms with Gasteiger partial charge in [-0.1, -0.05) is 11.6 Å². The summed E-state index contributed by atoms with van der Waals surface area (Å²) in [5.41, 5.74) is 0.814. The van der Waals surface area contributed by atoms with Gasteiger partial charge < -0.3 is 4.74 Å². The summed E-state index contributed by atoms with van der Waals surface area (Å²) >= 11 is 6.05. The minimum atomic E-state index is -0.415. The lowest BCUT2D eigenvalue weighted by atomic mass is 10.2. The number of nitro groups is 1. The van der Waals surface area contributed by atoms with Crippen molar-refractivity contribution >= 4 is 17.3 Å². The lowest BCUT2D eigenvalue weighted by Gasteiger charge is -2.18. The second kappa shape index (κ2) is 7.43. The standard InChI is InChI=1S/C13H19ClN2O3/c1-10(2)19-7-6-15(3)9-11-8-12(16(17)18)4-5-13(11)14/h4-5,8,10H,6-7,9H2,1-3H3. The fourth-order valence-electron chi connectivity index (χ4n) is 1.61. The molecule has 1 aromatic carbocycles. The molecule has 1 aromatic rings. The molecule has 0 saturated heterocycles. The maximum Gasteiger partial charge on any atom is 0.269 e. The summed E-state index contributed by atoms with van der Waals surface area (Å²) in [6.45, 7) is 5.90. The third-order valence-electron chi connectivity index (χ3n) is 2.60. The maximum absolute atomic E-state index is 10.7. The summed E-state index contributed by atoms with van der Waals surface area (Å²) in [7, 11) is 1.93. The smallest absolute Gasteiger partial charge is 0.269 e. The molecule has 0 unspecified atom stereocenters. The molecule has 0 aliphatic carbocycles. The van der Waals surface area contributed by atoms with Crippen molar-refractivity contribution in [2.45, 2.75) is 26.5 Å². The average molecular weight is 287 g/mol. The van der Waals surface area contributed by atoms with Crippen LogP contribution in [0.25, 0.3) is 0 Å². The fourth-order valence-corrected chi connectivity index (χ4v) is 1.79. The van der Waals surface area contributed by atoms with Gasteiger partial charge in [-0.05, 0) is 32.5 Å². The van der Waals surface area contributed by atoms with E-state index < -0.39 is 4.92 Å². The van der Waals surface area contributed by atoms with Crippen LogP contribution >= 0.6 is 11.6 Å². The molecule has 0 radical (unpaired) electrons. The van der Waals surface area contributed by atoms with E-state index in [4.69, 9.17) is 16.3 Å². The van der Waals surface area contributed by atoms with Gasteiger partial charge in [0.15, 0.2) is 0 Å². The largest absolute Gasteiger partial charge is 0.377 e. The quantitative estimate of drug-likeness (QED) is 0.571. The average Bonchev–Trinajstić information content (AvgIpc) is 2.31. The van der Waals surface area contributed by atoms with E-state index in [0.717, 1.165) is 12.1 Å². The molecule has 5 nitrogen and oxygen atoms in total. The molecule has 0 saturated carbocycles. The number of ether oxygens (including phenoxy) is 1. The van der Waals surface area contributed by atoms with Gasteiger partial charge in [-0.25, -0.2) is 0 Å². The monoisotopic (exact) mass is 286 g/mol. The van der Waals surface area contributed by atoms with Crippen molar-refractivity contribution in [2.75, 3.05) is 20.2 Å². The number of non-ortho nitro benzene ring substituents is 1. The van der Waals surface area contributed by atoms with Crippen molar-refractivity contribution in [3.63, 3.8) is 0 Å². The summed E-state index contributed by atoms with van der Waals surface area (Å²) in [6, 6.07) is 4.49. The molecule has 0 atom stereocenters. The van der Waals surface area contributed by atoms with E-state index in [2.05, 4.69) is 0 Å². The van der Waals surface area contributed by atoms with E-state index in [-0.39, 0.29) is 11.8 Å². The highest BCUT2D eigenvalue weighted by Gasteiger charge is 2.11. The van der Waals surface area contributed by atoms with Gasteiger partial charge in [0.2, 0.25) is 0 Å². The van der Waals surface area contributed by atoms with E-state index in [1.165, 1.54) is 12.1 Å². The SMILES string of the molecule is CC(C)OCCN(C)Cc1cc([N+](=O)[O-])ccc1Cl. The van der Waals surface area contributed by atoms with Crippen molar-refractivity contribution in [3.05, 3.63) is 38.9 Å². The summed E-state index contributed by atoms with van der Waals surface area (Å²) in [4.78, 5) is 12.3. The summed E-state index contributed by atoms with van der Waals surface area (Å²) in [6.07, 6.45) is 0.204. The van der Waals surface area contributed by atoms with Crippen molar-refractivity contribution in [2.24, 2.45) is 0 Å². The van der Waals surface area contributed by atoms with E-state index in [1.54, 1.807) is 6.07 Å². The Morgan fingerprint density at radius 2 is 2.16 bits per heavy atom. The van der Waals surface area contributed by atoms with Crippen LogP contribution in [0, 0.1) is 10.1 Å². The van der Waals surface area contributed by atoms with Crippen LogP contribution in [0.4, 0.5) is 5.69 Å². The molecule has 19 heavy (non-hydrogen) atoms. The molecule has 0 bridgehead atoms.